The van der Waals surface area contributed by atoms with Crippen LogP contribution in [0.3, 0.4) is 0 Å². The van der Waals surface area contributed by atoms with Gasteiger partial charge in [0.05, 0.1) is 29.3 Å². The maximum absolute atomic E-state index is 13.2. The molecule has 0 spiro atoms. The Hall–Kier alpha value is -3.31. The number of carbonyl (C=O) groups is 1. The number of nitrogens with one attached hydrogen (secondary N) is 2. The molecule has 0 fully saturated rings. The second kappa shape index (κ2) is 11.0. The third-order valence-electron chi connectivity index (χ3n) is 5.21. The fraction of sp³-hybridized carbons (Fsp3) is 0.417. The Balaban J connectivity index is 1.89. The van der Waals surface area contributed by atoms with Crippen molar-refractivity contribution in [3.63, 3.8) is 0 Å². The molecule has 35 heavy (non-hydrogen) atoms. The van der Waals surface area contributed by atoms with Gasteiger partial charge in [-0.05, 0) is 50.5 Å². The number of anilines is 1. The summed E-state index contributed by atoms with van der Waals surface area (Å²) in [6, 6.07) is 8.11. The van der Waals surface area contributed by atoms with Crippen LogP contribution in [0.5, 0.6) is 11.5 Å². The quantitative estimate of drug-likeness (QED) is 0.409. The van der Waals surface area contributed by atoms with Crippen LogP contribution >= 0.6 is 0 Å². The van der Waals surface area contributed by atoms with Gasteiger partial charge in [0, 0.05) is 19.2 Å². The van der Waals surface area contributed by atoms with E-state index in [1.807, 2.05) is 27.7 Å². The van der Waals surface area contributed by atoms with Gasteiger partial charge in [-0.2, -0.15) is 4.72 Å². The normalized spacial score (nSPS) is 12.6. The molecule has 1 aromatic heterocycles. The Morgan fingerprint density at radius 2 is 1.80 bits per heavy atom. The molecule has 0 aliphatic heterocycles. The van der Waals surface area contributed by atoms with Crippen molar-refractivity contribution in [1.29, 1.82) is 0 Å². The van der Waals surface area contributed by atoms with Crippen molar-refractivity contribution in [1.82, 2.24) is 9.29 Å². The van der Waals surface area contributed by atoms with Gasteiger partial charge < -0.3 is 19.2 Å². The van der Waals surface area contributed by atoms with Crippen LogP contribution in [0.2, 0.25) is 0 Å². The van der Waals surface area contributed by atoms with Crippen molar-refractivity contribution in [3.8, 4) is 11.5 Å². The zero-order valence-corrected chi connectivity index (χ0v) is 21.3. The minimum absolute atomic E-state index is 0.0178. The Morgan fingerprint density at radius 1 is 1.09 bits per heavy atom. The number of amides is 1. The number of oxazole rings is 1. The summed E-state index contributed by atoms with van der Waals surface area (Å²) < 4.78 is 46.3. The van der Waals surface area contributed by atoms with Crippen LogP contribution in [0.4, 0.5) is 5.69 Å². The summed E-state index contributed by atoms with van der Waals surface area (Å²) in [5, 5.41) is 2.78. The summed E-state index contributed by atoms with van der Waals surface area (Å²) in [6.45, 7) is 8.28. The van der Waals surface area contributed by atoms with E-state index in [0.717, 1.165) is 0 Å². The lowest BCUT2D eigenvalue weighted by Crippen LogP contribution is -2.44. The number of aryl methyl sites for hydroxylation is 1. The number of benzene rings is 2. The summed E-state index contributed by atoms with van der Waals surface area (Å²) in [5.74, 6) is -0.128. The van der Waals surface area contributed by atoms with Crippen molar-refractivity contribution in [3.05, 3.63) is 46.9 Å². The smallest absolute Gasteiger partial charge is 0.419 e. The molecule has 3 aromatic rings. The minimum Gasteiger partial charge on any atom is -0.494 e. The molecule has 11 heteroatoms. The number of sulfonamides is 1. The predicted molar refractivity (Wildman–Crippen MR) is 132 cm³/mol. The monoisotopic (exact) mass is 505 g/mol. The first kappa shape index (κ1) is 26.3. The van der Waals surface area contributed by atoms with Crippen LogP contribution < -0.4 is 25.3 Å². The molecule has 0 aliphatic carbocycles. The van der Waals surface area contributed by atoms with Crippen LogP contribution in [0.25, 0.3) is 11.1 Å². The third-order valence-corrected chi connectivity index (χ3v) is 6.68. The lowest BCUT2D eigenvalue weighted by Gasteiger charge is -2.21. The van der Waals surface area contributed by atoms with Gasteiger partial charge in [-0.15, -0.1) is 0 Å². The van der Waals surface area contributed by atoms with E-state index in [2.05, 4.69) is 10.0 Å². The standard InChI is InChI=1S/C24H31N3O7S/c1-6-32-16-8-11-21(33-7-2)18(13-16)25-23(28)19(12-15(3)4)26-35(30,31)17-9-10-20-22(14-17)34-24(29)27(20)5/h8-11,13-15,19,26H,6-7,12H2,1-5H3,(H,25,28). The van der Waals surface area contributed by atoms with Crippen molar-refractivity contribution < 1.29 is 27.1 Å². The molecule has 190 valence electrons. The van der Waals surface area contributed by atoms with Gasteiger partial charge in [-0.3, -0.25) is 9.36 Å². The zero-order chi connectivity index (χ0) is 25.8. The number of carbonyl (C=O) groups excluding carboxylic acids is 1. The van der Waals surface area contributed by atoms with E-state index in [1.54, 1.807) is 18.2 Å². The molecule has 2 N–H and O–H groups in total. The fourth-order valence-corrected chi connectivity index (χ4v) is 4.80. The largest absolute Gasteiger partial charge is 0.494 e. The van der Waals surface area contributed by atoms with E-state index in [1.165, 1.54) is 29.8 Å². The first-order chi connectivity index (χ1) is 16.6. The van der Waals surface area contributed by atoms with Crippen LogP contribution in [0.15, 0.2) is 50.5 Å². The van der Waals surface area contributed by atoms with Crippen molar-refractivity contribution >= 4 is 32.7 Å². The van der Waals surface area contributed by atoms with Crippen LogP contribution in [-0.4, -0.2) is 38.1 Å². The molecule has 0 bridgehead atoms. The zero-order valence-electron chi connectivity index (χ0n) is 20.5. The molecule has 0 saturated heterocycles. The van der Waals surface area contributed by atoms with Gasteiger partial charge in [-0.1, -0.05) is 13.8 Å². The topological polar surface area (TPSA) is 129 Å². The Bertz CT molecular complexity index is 1360. The van der Waals surface area contributed by atoms with Gasteiger partial charge >= 0.3 is 5.76 Å². The maximum atomic E-state index is 13.2. The highest BCUT2D eigenvalue weighted by atomic mass is 32.2. The number of ether oxygens (including phenoxy) is 2. The molecule has 10 nitrogen and oxygen atoms in total. The molecule has 1 unspecified atom stereocenters. The number of nitrogens with zero attached hydrogens (tertiary/aromatic N) is 1. The molecule has 0 saturated carbocycles. The first-order valence-electron chi connectivity index (χ1n) is 11.4. The molecule has 1 heterocycles. The number of hydrogen-bond donors (Lipinski definition) is 2. The highest BCUT2D eigenvalue weighted by Gasteiger charge is 2.28. The van der Waals surface area contributed by atoms with Gasteiger partial charge in [0.25, 0.3) is 0 Å². The van der Waals surface area contributed by atoms with E-state index in [9.17, 15) is 18.0 Å². The van der Waals surface area contributed by atoms with E-state index in [0.29, 0.717) is 35.9 Å². The molecule has 0 aliphatic rings. The van der Waals surface area contributed by atoms with Crippen molar-refractivity contribution in [2.45, 2.75) is 45.1 Å². The SMILES string of the molecule is CCOc1ccc(OCC)c(NC(=O)C(CC(C)C)NS(=O)(=O)c2ccc3c(c2)oc(=O)n3C)c1. The van der Waals surface area contributed by atoms with Crippen LogP contribution in [-0.2, 0) is 21.9 Å². The molecule has 0 radical (unpaired) electrons. The van der Waals surface area contributed by atoms with Crippen molar-refractivity contribution in [2.24, 2.45) is 13.0 Å². The molecule has 3 rings (SSSR count). The van der Waals surface area contributed by atoms with Gasteiger partial charge in [-0.25, -0.2) is 13.2 Å². The molecular weight excluding hydrogens is 474 g/mol. The minimum atomic E-state index is -4.11. The Labute approximate surface area is 204 Å². The number of fused-ring (bicyclic) bond motifs is 1. The lowest BCUT2D eigenvalue weighted by molar-refractivity contribution is -0.118. The second-order valence-electron chi connectivity index (χ2n) is 8.37. The maximum Gasteiger partial charge on any atom is 0.419 e. The van der Waals surface area contributed by atoms with Gasteiger partial charge in [0.15, 0.2) is 5.58 Å². The molecular formula is C24H31N3O7S. The first-order valence-corrected chi connectivity index (χ1v) is 12.9. The number of aromatic nitrogens is 1. The van der Waals surface area contributed by atoms with Gasteiger partial charge in [0.2, 0.25) is 15.9 Å². The Kier molecular flexibility index (Phi) is 8.23. The van der Waals surface area contributed by atoms with E-state index in [-0.39, 0.29) is 22.8 Å². The summed E-state index contributed by atoms with van der Waals surface area (Å²) >= 11 is 0. The number of rotatable bonds is 11. The third kappa shape index (κ3) is 6.23. The summed E-state index contributed by atoms with van der Waals surface area (Å²) in [4.78, 5) is 24.9. The molecule has 2 aromatic carbocycles. The fourth-order valence-electron chi connectivity index (χ4n) is 3.58. The summed E-state index contributed by atoms with van der Waals surface area (Å²) in [6.07, 6.45) is 0.253. The number of hydrogen-bond acceptors (Lipinski definition) is 7. The second-order valence-corrected chi connectivity index (χ2v) is 10.1. The van der Waals surface area contributed by atoms with E-state index < -0.39 is 27.7 Å². The Morgan fingerprint density at radius 3 is 2.46 bits per heavy atom. The predicted octanol–water partition coefficient (Wildman–Crippen LogP) is 3.26. The van der Waals surface area contributed by atoms with Crippen molar-refractivity contribution in [2.75, 3.05) is 18.5 Å². The highest BCUT2D eigenvalue weighted by Crippen LogP contribution is 2.30. The summed E-state index contributed by atoms with van der Waals surface area (Å²) in [5.41, 5.74) is 0.977. The summed E-state index contributed by atoms with van der Waals surface area (Å²) in [7, 11) is -2.58. The van der Waals surface area contributed by atoms with Gasteiger partial charge in [0.1, 0.15) is 17.5 Å². The average Bonchev–Trinajstić information content (AvgIpc) is 3.08. The van der Waals surface area contributed by atoms with E-state index in [4.69, 9.17) is 13.9 Å². The lowest BCUT2D eigenvalue weighted by atomic mass is 10.0. The van der Waals surface area contributed by atoms with E-state index >= 15 is 0 Å². The molecule has 1 amide bonds. The van der Waals surface area contributed by atoms with Crippen LogP contribution in [0.1, 0.15) is 34.1 Å². The van der Waals surface area contributed by atoms with Crippen LogP contribution in [0, 0.1) is 5.92 Å². The molecule has 1 atom stereocenters. The highest BCUT2D eigenvalue weighted by molar-refractivity contribution is 7.89. The average molecular weight is 506 g/mol.